The molecule has 0 aliphatic heterocycles. The molecule has 3 rings (SSSR count). The minimum atomic E-state index is -0.499. The van der Waals surface area contributed by atoms with Gasteiger partial charge in [0.1, 0.15) is 6.10 Å². The fraction of sp³-hybridized carbons (Fsp3) is 0.421. The predicted octanol–water partition coefficient (Wildman–Crippen LogP) is 3.14. The zero-order valence-electron chi connectivity index (χ0n) is 15.8. The lowest BCUT2D eigenvalue weighted by molar-refractivity contribution is 0.129. The van der Waals surface area contributed by atoms with E-state index >= 15 is 0 Å². The first kappa shape index (κ1) is 19.7. The summed E-state index contributed by atoms with van der Waals surface area (Å²) in [5.41, 5.74) is 0.612. The summed E-state index contributed by atoms with van der Waals surface area (Å²) in [4.78, 5) is 19.9. The molecule has 1 aliphatic rings. The second-order valence-corrected chi connectivity index (χ2v) is 6.44. The predicted molar refractivity (Wildman–Crippen MR) is 100 cm³/mol. The highest BCUT2D eigenvalue weighted by atomic mass is 19.1. The van der Waals surface area contributed by atoms with Gasteiger partial charge in [-0.1, -0.05) is 0 Å². The van der Waals surface area contributed by atoms with Gasteiger partial charge in [0.15, 0.2) is 17.3 Å². The van der Waals surface area contributed by atoms with E-state index in [1.54, 1.807) is 32.4 Å². The van der Waals surface area contributed by atoms with Crippen molar-refractivity contribution in [2.45, 2.75) is 37.8 Å². The fourth-order valence-electron chi connectivity index (χ4n) is 3.10. The fourth-order valence-corrected chi connectivity index (χ4v) is 3.10. The van der Waals surface area contributed by atoms with Gasteiger partial charge in [0.2, 0.25) is 0 Å². The van der Waals surface area contributed by atoms with Gasteiger partial charge in [0.05, 0.1) is 26.6 Å². The lowest BCUT2D eigenvalue weighted by atomic mass is 9.93. The number of carbonyl (C=O) groups is 1. The standard InChI is InChI=1S/C19H23FN4O4/c1-26-16-8-5-14(9-17(16)27-2)24-18(25)23-13-3-6-15(7-4-13)28-19-21-10-12(20)11-22-19/h5,8-11,13,15H,3-4,6-7H2,1-2H3,(H2,23,24,25). The number of carbonyl (C=O) groups excluding carboxylic acids is 1. The number of nitrogens with one attached hydrogen (secondary N) is 2. The molecule has 1 fully saturated rings. The summed E-state index contributed by atoms with van der Waals surface area (Å²) < 4.78 is 28.9. The molecule has 28 heavy (non-hydrogen) atoms. The maximum absolute atomic E-state index is 12.8. The van der Waals surface area contributed by atoms with Crippen LogP contribution >= 0.6 is 0 Å². The summed E-state index contributed by atoms with van der Waals surface area (Å²) in [6.07, 6.45) is 5.15. The Morgan fingerprint density at radius 2 is 1.75 bits per heavy atom. The molecule has 1 aliphatic carbocycles. The monoisotopic (exact) mass is 390 g/mol. The van der Waals surface area contributed by atoms with E-state index in [9.17, 15) is 9.18 Å². The Morgan fingerprint density at radius 3 is 2.39 bits per heavy atom. The molecule has 2 aromatic rings. The number of urea groups is 1. The van der Waals surface area contributed by atoms with Crippen LogP contribution in [-0.4, -0.2) is 42.4 Å². The van der Waals surface area contributed by atoms with Gasteiger partial charge < -0.3 is 24.8 Å². The second kappa shape index (κ2) is 9.20. The maximum atomic E-state index is 12.8. The van der Waals surface area contributed by atoms with Crippen LogP contribution in [0.3, 0.4) is 0 Å². The molecule has 1 saturated carbocycles. The van der Waals surface area contributed by atoms with Crippen molar-refractivity contribution in [3.05, 3.63) is 36.4 Å². The van der Waals surface area contributed by atoms with E-state index in [-0.39, 0.29) is 24.2 Å². The third-order valence-corrected chi connectivity index (χ3v) is 4.52. The molecule has 1 heterocycles. The molecule has 0 unspecified atom stereocenters. The summed E-state index contributed by atoms with van der Waals surface area (Å²) in [6, 6.07) is 5.12. The highest BCUT2D eigenvalue weighted by Gasteiger charge is 2.24. The molecule has 0 saturated heterocycles. The average Bonchev–Trinajstić information content (AvgIpc) is 2.71. The minimum Gasteiger partial charge on any atom is -0.493 e. The van der Waals surface area contributed by atoms with Gasteiger partial charge in [-0.15, -0.1) is 0 Å². The van der Waals surface area contributed by atoms with Gasteiger partial charge in [0.25, 0.3) is 0 Å². The molecular weight excluding hydrogens is 367 g/mol. The van der Waals surface area contributed by atoms with E-state index in [1.807, 2.05) is 0 Å². The number of ether oxygens (including phenoxy) is 3. The SMILES string of the molecule is COc1ccc(NC(=O)NC2CCC(Oc3ncc(F)cn3)CC2)cc1OC. The van der Waals surface area contributed by atoms with Gasteiger partial charge in [0, 0.05) is 17.8 Å². The Balaban J connectivity index is 1.45. The minimum absolute atomic E-state index is 0.0441. The first-order chi connectivity index (χ1) is 13.6. The molecular formula is C19H23FN4O4. The van der Waals surface area contributed by atoms with Crippen LogP contribution in [0, 0.1) is 5.82 Å². The molecule has 9 heteroatoms. The molecule has 0 spiro atoms. The van der Waals surface area contributed by atoms with Crippen molar-refractivity contribution >= 4 is 11.7 Å². The average molecular weight is 390 g/mol. The lowest BCUT2D eigenvalue weighted by Gasteiger charge is -2.28. The summed E-state index contributed by atoms with van der Waals surface area (Å²) in [5, 5.41) is 5.77. The van der Waals surface area contributed by atoms with E-state index < -0.39 is 5.82 Å². The number of aromatic nitrogens is 2. The van der Waals surface area contributed by atoms with Gasteiger partial charge in [-0.3, -0.25) is 0 Å². The second-order valence-electron chi connectivity index (χ2n) is 6.44. The van der Waals surface area contributed by atoms with Gasteiger partial charge in [-0.05, 0) is 37.8 Å². The van der Waals surface area contributed by atoms with Crippen LogP contribution < -0.4 is 24.8 Å². The van der Waals surface area contributed by atoms with Crippen LogP contribution in [0.2, 0.25) is 0 Å². The smallest absolute Gasteiger partial charge is 0.319 e. The van der Waals surface area contributed by atoms with E-state index in [1.165, 1.54) is 0 Å². The van der Waals surface area contributed by atoms with Crippen LogP contribution in [0.4, 0.5) is 14.9 Å². The van der Waals surface area contributed by atoms with E-state index in [0.717, 1.165) is 38.1 Å². The lowest BCUT2D eigenvalue weighted by Crippen LogP contribution is -2.41. The zero-order chi connectivity index (χ0) is 19.9. The van der Waals surface area contributed by atoms with E-state index in [4.69, 9.17) is 14.2 Å². The topological polar surface area (TPSA) is 94.6 Å². The zero-order valence-corrected chi connectivity index (χ0v) is 15.8. The third kappa shape index (κ3) is 5.21. The molecule has 2 amide bonds. The summed E-state index contributed by atoms with van der Waals surface area (Å²) in [5.74, 6) is 0.638. The number of nitrogens with zero attached hydrogens (tertiary/aromatic N) is 2. The maximum Gasteiger partial charge on any atom is 0.319 e. The first-order valence-corrected chi connectivity index (χ1v) is 9.01. The van der Waals surface area contributed by atoms with Crippen molar-refractivity contribution in [3.63, 3.8) is 0 Å². The molecule has 2 N–H and O–H groups in total. The van der Waals surface area contributed by atoms with Crippen LogP contribution in [-0.2, 0) is 0 Å². The van der Waals surface area contributed by atoms with E-state index in [0.29, 0.717) is 17.2 Å². The van der Waals surface area contributed by atoms with E-state index in [2.05, 4.69) is 20.6 Å². The van der Waals surface area contributed by atoms with Crippen molar-refractivity contribution < 1.29 is 23.4 Å². The number of amides is 2. The van der Waals surface area contributed by atoms with Gasteiger partial charge in [-0.2, -0.15) is 0 Å². The molecule has 0 atom stereocenters. The largest absolute Gasteiger partial charge is 0.493 e. The van der Waals surface area contributed by atoms with Crippen LogP contribution in [0.25, 0.3) is 0 Å². The number of hydrogen-bond acceptors (Lipinski definition) is 6. The summed E-state index contributed by atoms with van der Waals surface area (Å²) >= 11 is 0. The highest BCUT2D eigenvalue weighted by Crippen LogP contribution is 2.29. The molecule has 1 aromatic carbocycles. The number of methoxy groups -OCH3 is 2. The first-order valence-electron chi connectivity index (χ1n) is 9.01. The quantitative estimate of drug-likeness (QED) is 0.787. The number of hydrogen-bond donors (Lipinski definition) is 2. The van der Waals surface area contributed by atoms with Crippen molar-refractivity contribution in [1.29, 1.82) is 0 Å². The Morgan fingerprint density at radius 1 is 1.07 bits per heavy atom. The molecule has 8 nitrogen and oxygen atoms in total. The highest BCUT2D eigenvalue weighted by molar-refractivity contribution is 5.89. The van der Waals surface area contributed by atoms with Crippen molar-refractivity contribution in [2.24, 2.45) is 0 Å². The Bertz CT molecular complexity index is 795. The Labute approximate surface area is 162 Å². The molecule has 1 aromatic heterocycles. The van der Waals surface area contributed by atoms with Crippen molar-refractivity contribution in [2.75, 3.05) is 19.5 Å². The summed E-state index contributed by atoms with van der Waals surface area (Å²) in [6.45, 7) is 0. The Kier molecular flexibility index (Phi) is 6.46. The Hall–Kier alpha value is -3.10. The molecule has 0 radical (unpaired) electrons. The van der Waals surface area contributed by atoms with Crippen LogP contribution in [0.5, 0.6) is 17.5 Å². The van der Waals surface area contributed by atoms with Crippen molar-refractivity contribution in [1.82, 2.24) is 15.3 Å². The van der Waals surface area contributed by atoms with Crippen molar-refractivity contribution in [3.8, 4) is 17.5 Å². The van der Waals surface area contributed by atoms with Crippen LogP contribution in [0.15, 0.2) is 30.6 Å². The third-order valence-electron chi connectivity index (χ3n) is 4.52. The van der Waals surface area contributed by atoms with Gasteiger partial charge >= 0.3 is 12.0 Å². The molecule has 0 bridgehead atoms. The summed E-state index contributed by atoms with van der Waals surface area (Å²) in [7, 11) is 3.10. The normalized spacial score (nSPS) is 18.8. The van der Waals surface area contributed by atoms with Crippen LogP contribution in [0.1, 0.15) is 25.7 Å². The van der Waals surface area contributed by atoms with Gasteiger partial charge in [-0.25, -0.2) is 19.2 Å². The number of rotatable bonds is 6. The molecule has 150 valence electrons. The number of halogens is 1. The number of benzene rings is 1. The number of anilines is 1.